The van der Waals surface area contributed by atoms with E-state index in [1.54, 1.807) is 11.3 Å². The summed E-state index contributed by atoms with van der Waals surface area (Å²) in [7, 11) is 0. The predicted molar refractivity (Wildman–Crippen MR) is 104 cm³/mol. The highest BCUT2D eigenvalue weighted by atomic mass is 32.1. The predicted octanol–water partition coefficient (Wildman–Crippen LogP) is 3.86. The summed E-state index contributed by atoms with van der Waals surface area (Å²) in [6, 6.07) is 14.6. The van der Waals surface area contributed by atoms with Crippen molar-refractivity contribution in [1.29, 1.82) is 0 Å². The maximum atomic E-state index is 12.1. The monoisotopic (exact) mass is 355 g/mol. The lowest BCUT2D eigenvalue weighted by Gasteiger charge is -2.23. The number of aliphatic imine (C=N–C) groups is 1. The zero-order valence-corrected chi connectivity index (χ0v) is 15.6. The lowest BCUT2D eigenvalue weighted by atomic mass is 10.1. The molecule has 0 aliphatic carbocycles. The first-order valence-electron chi connectivity index (χ1n) is 8.84. The van der Waals surface area contributed by atoms with Crippen molar-refractivity contribution >= 4 is 23.1 Å². The van der Waals surface area contributed by atoms with Crippen LogP contribution in [0.1, 0.15) is 43.2 Å². The molecule has 1 N–H and O–H groups in total. The summed E-state index contributed by atoms with van der Waals surface area (Å²) in [4.78, 5) is 20.2. The largest absolute Gasteiger partial charge is 0.367 e. The van der Waals surface area contributed by atoms with E-state index in [1.165, 1.54) is 0 Å². The molecule has 1 aromatic carbocycles. The van der Waals surface area contributed by atoms with Crippen molar-refractivity contribution in [2.24, 2.45) is 4.99 Å². The first kappa shape index (κ1) is 17.7. The van der Waals surface area contributed by atoms with Crippen molar-refractivity contribution in [2.75, 3.05) is 13.1 Å². The number of amides is 1. The topological polar surface area (TPSA) is 44.7 Å². The number of nitrogens with zero attached hydrogens (tertiary/aromatic N) is 2. The second kappa shape index (κ2) is 8.30. The Morgan fingerprint density at radius 2 is 2.04 bits per heavy atom. The van der Waals surface area contributed by atoms with Crippen molar-refractivity contribution < 1.29 is 4.79 Å². The molecule has 5 heteroatoms. The Kier molecular flexibility index (Phi) is 5.87. The van der Waals surface area contributed by atoms with Crippen molar-refractivity contribution in [1.82, 2.24) is 10.2 Å². The molecule has 3 rings (SSSR count). The van der Waals surface area contributed by atoms with Gasteiger partial charge in [0.25, 0.3) is 0 Å². The van der Waals surface area contributed by atoms with Gasteiger partial charge in [-0.1, -0.05) is 36.4 Å². The molecular weight excluding hydrogens is 330 g/mol. The molecule has 0 bridgehead atoms. The average molecular weight is 356 g/mol. The Hall–Kier alpha value is -2.14. The standard InChI is InChI=1S/C20H25N3OS/c1-15(2)21-20(18-10-7-13-25-18)22-17(16-8-4-3-5-9-16)14-23-12-6-11-19(23)24/h3-5,7-10,13,15,17H,6,11-12,14H2,1-2H3,(H,21,22). The van der Waals surface area contributed by atoms with Crippen LogP contribution in [0.25, 0.3) is 0 Å². The number of hydrogen-bond donors (Lipinski definition) is 1. The Labute approximate surface area is 153 Å². The molecule has 1 aliphatic rings. The number of benzene rings is 1. The molecule has 1 amide bonds. The summed E-state index contributed by atoms with van der Waals surface area (Å²) in [5, 5.41) is 5.54. The van der Waals surface area contributed by atoms with Crippen molar-refractivity contribution in [3.05, 3.63) is 58.3 Å². The molecule has 1 atom stereocenters. The Morgan fingerprint density at radius 1 is 1.24 bits per heavy atom. The average Bonchev–Trinajstić information content (AvgIpc) is 3.26. The van der Waals surface area contributed by atoms with E-state index in [-0.39, 0.29) is 11.9 Å². The lowest BCUT2D eigenvalue weighted by Crippen LogP contribution is -2.33. The molecule has 0 radical (unpaired) electrons. The summed E-state index contributed by atoms with van der Waals surface area (Å²) in [5.74, 6) is 1.15. The zero-order chi connectivity index (χ0) is 17.6. The lowest BCUT2D eigenvalue weighted by molar-refractivity contribution is -0.127. The fraction of sp³-hybridized carbons (Fsp3) is 0.400. The van der Waals surface area contributed by atoms with Gasteiger partial charge in [0.05, 0.1) is 10.9 Å². The van der Waals surface area contributed by atoms with Gasteiger partial charge >= 0.3 is 0 Å². The molecule has 1 unspecified atom stereocenters. The number of hydrogen-bond acceptors (Lipinski definition) is 3. The number of nitrogens with one attached hydrogen (secondary N) is 1. The third kappa shape index (κ3) is 4.69. The number of thiophene rings is 1. The highest BCUT2D eigenvalue weighted by molar-refractivity contribution is 7.12. The van der Waals surface area contributed by atoms with Gasteiger partial charge in [-0.05, 0) is 37.3 Å². The number of carbonyl (C=O) groups excluding carboxylic acids is 1. The summed E-state index contributed by atoms with van der Waals surface area (Å²) < 4.78 is 0. The van der Waals surface area contributed by atoms with Crippen LogP contribution in [0.2, 0.25) is 0 Å². The maximum absolute atomic E-state index is 12.1. The van der Waals surface area contributed by atoms with E-state index in [2.05, 4.69) is 42.7 Å². The van der Waals surface area contributed by atoms with Gasteiger partial charge in [0.2, 0.25) is 5.91 Å². The van der Waals surface area contributed by atoms with E-state index < -0.39 is 0 Å². The van der Waals surface area contributed by atoms with Crippen LogP contribution >= 0.6 is 11.3 Å². The fourth-order valence-corrected chi connectivity index (χ4v) is 3.70. The molecule has 0 saturated carbocycles. The molecular formula is C20H25N3OS. The minimum Gasteiger partial charge on any atom is -0.367 e. The van der Waals surface area contributed by atoms with E-state index in [1.807, 2.05) is 29.2 Å². The molecule has 25 heavy (non-hydrogen) atoms. The summed E-state index contributed by atoms with van der Waals surface area (Å²) in [6.45, 7) is 5.70. The first-order chi connectivity index (χ1) is 12.1. The minimum atomic E-state index is -0.0633. The van der Waals surface area contributed by atoms with Crippen molar-refractivity contribution in [3.8, 4) is 0 Å². The third-order valence-electron chi connectivity index (χ3n) is 4.21. The molecule has 2 aromatic rings. The molecule has 0 spiro atoms. The summed E-state index contributed by atoms with van der Waals surface area (Å²) in [5.41, 5.74) is 1.14. The van der Waals surface area contributed by atoms with Crippen LogP contribution in [-0.4, -0.2) is 35.8 Å². The van der Waals surface area contributed by atoms with Crippen LogP contribution in [0.3, 0.4) is 0 Å². The molecule has 132 valence electrons. The van der Waals surface area contributed by atoms with E-state index >= 15 is 0 Å². The quantitative estimate of drug-likeness (QED) is 0.632. The second-order valence-corrected chi connectivity index (χ2v) is 7.57. The van der Waals surface area contributed by atoms with Crippen molar-refractivity contribution in [3.63, 3.8) is 0 Å². The number of likely N-dealkylation sites (tertiary alicyclic amines) is 1. The fourth-order valence-electron chi connectivity index (χ4n) is 3.02. The third-order valence-corrected chi connectivity index (χ3v) is 5.09. The molecule has 1 aromatic heterocycles. The van der Waals surface area contributed by atoms with Gasteiger partial charge in [0, 0.05) is 25.6 Å². The van der Waals surface area contributed by atoms with E-state index in [0.29, 0.717) is 19.0 Å². The number of rotatable bonds is 6. The second-order valence-electron chi connectivity index (χ2n) is 6.62. The first-order valence-corrected chi connectivity index (χ1v) is 9.72. The number of carbonyl (C=O) groups is 1. The molecule has 1 fully saturated rings. The minimum absolute atomic E-state index is 0.0633. The Balaban J connectivity index is 1.92. The maximum Gasteiger partial charge on any atom is 0.222 e. The molecule has 1 saturated heterocycles. The molecule has 2 heterocycles. The highest BCUT2D eigenvalue weighted by Crippen LogP contribution is 2.23. The van der Waals surface area contributed by atoms with Crippen LogP contribution < -0.4 is 5.32 Å². The van der Waals surface area contributed by atoms with E-state index in [9.17, 15) is 4.79 Å². The summed E-state index contributed by atoms with van der Waals surface area (Å²) >= 11 is 1.68. The van der Waals surface area contributed by atoms with Gasteiger partial charge in [-0.15, -0.1) is 11.3 Å². The SMILES string of the molecule is CC(C)NC(=NC(CN1CCCC1=O)c1ccccc1)c1cccs1. The van der Waals surface area contributed by atoms with E-state index in [4.69, 9.17) is 4.99 Å². The Bertz CT molecular complexity index is 710. The normalized spacial score (nSPS) is 16.5. The molecule has 4 nitrogen and oxygen atoms in total. The van der Waals surface area contributed by atoms with E-state index in [0.717, 1.165) is 29.2 Å². The van der Waals surface area contributed by atoms with Crippen LogP contribution in [0.4, 0.5) is 0 Å². The molecule has 1 aliphatic heterocycles. The van der Waals surface area contributed by atoms with Gasteiger partial charge < -0.3 is 10.2 Å². The summed E-state index contributed by atoms with van der Waals surface area (Å²) in [6.07, 6.45) is 1.61. The number of amidine groups is 1. The van der Waals surface area contributed by atoms with Crippen molar-refractivity contribution in [2.45, 2.75) is 38.8 Å². The van der Waals surface area contributed by atoms with Gasteiger partial charge in [-0.2, -0.15) is 0 Å². The van der Waals surface area contributed by atoms with Gasteiger partial charge in [-0.25, -0.2) is 0 Å². The zero-order valence-electron chi connectivity index (χ0n) is 14.8. The highest BCUT2D eigenvalue weighted by Gasteiger charge is 2.24. The smallest absolute Gasteiger partial charge is 0.222 e. The Morgan fingerprint density at radius 3 is 2.64 bits per heavy atom. The van der Waals surface area contributed by atoms with Crippen LogP contribution in [-0.2, 0) is 4.79 Å². The van der Waals surface area contributed by atoms with Gasteiger partial charge in [0.1, 0.15) is 5.84 Å². The van der Waals surface area contributed by atoms with Crippen LogP contribution in [0, 0.1) is 0 Å². The van der Waals surface area contributed by atoms with Gasteiger partial charge in [-0.3, -0.25) is 9.79 Å². The van der Waals surface area contributed by atoms with Crippen LogP contribution in [0.15, 0.2) is 52.8 Å². The van der Waals surface area contributed by atoms with Gasteiger partial charge in [0.15, 0.2) is 0 Å². The van der Waals surface area contributed by atoms with Crippen LogP contribution in [0.5, 0.6) is 0 Å².